The first-order valence-electron chi connectivity index (χ1n) is 8.70. The molecule has 0 radical (unpaired) electrons. The quantitative estimate of drug-likeness (QED) is 0.780. The van der Waals surface area contributed by atoms with Gasteiger partial charge in [0.25, 0.3) is 0 Å². The lowest BCUT2D eigenvalue weighted by Crippen LogP contribution is -2.36. The first-order chi connectivity index (χ1) is 12.5. The molecule has 138 valence electrons. The van der Waals surface area contributed by atoms with E-state index in [0.717, 1.165) is 30.2 Å². The fourth-order valence-corrected chi connectivity index (χ4v) is 3.99. The molecule has 0 spiro atoms. The second kappa shape index (κ2) is 6.50. The van der Waals surface area contributed by atoms with Crippen molar-refractivity contribution in [1.29, 1.82) is 0 Å². The van der Waals surface area contributed by atoms with Gasteiger partial charge in [-0.1, -0.05) is 12.1 Å². The number of anilines is 1. The van der Waals surface area contributed by atoms with Crippen molar-refractivity contribution in [2.75, 3.05) is 19.0 Å². The van der Waals surface area contributed by atoms with Crippen LogP contribution in [0.5, 0.6) is 5.75 Å². The van der Waals surface area contributed by atoms with Gasteiger partial charge in [-0.3, -0.25) is 0 Å². The monoisotopic (exact) mass is 363 g/mol. The van der Waals surface area contributed by atoms with Gasteiger partial charge in [0.1, 0.15) is 5.75 Å². The Bertz CT molecular complexity index is 789. The molecule has 1 fully saturated rings. The topological polar surface area (TPSA) is 30.5 Å². The number of fused-ring (bicyclic) bond motifs is 3. The van der Waals surface area contributed by atoms with E-state index in [2.05, 4.69) is 5.32 Å². The number of nitrogens with one attached hydrogen (secondary N) is 1. The molecule has 26 heavy (non-hydrogen) atoms. The second-order valence-corrected chi connectivity index (χ2v) is 6.79. The van der Waals surface area contributed by atoms with Gasteiger partial charge in [-0.05, 0) is 48.7 Å². The summed E-state index contributed by atoms with van der Waals surface area (Å²) in [4.78, 5) is 0. The van der Waals surface area contributed by atoms with Crippen LogP contribution in [0.1, 0.15) is 41.7 Å². The molecule has 3 nitrogen and oxygen atoms in total. The number of alkyl halides is 3. The Morgan fingerprint density at radius 2 is 1.88 bits per heavy atom. The van der Waals surface area contributed by atoms with Gasteiger partial charge < -0.3 is 14.8 Å². The van der Waals surface area contributed by atoms with E-state index in [0.29, 0.717) is 17.9 Å². The summed E-state index contributed by atoms with van der Waals surface area (Å²) in [5.74, 6) is 0.865. The molecule has 1 saturated heterocycles. The fraction of sp³-hybridized carbons (Fsp3) is 0.400. The maximum atomic E-state index is 13.1. The smallest absolute Gasteiger partial charge is 0.416 e. The lowest BCUT2D eigenvalue weighted by Gasteiger charge is -2.43. The maximum absolute atomic E-state index is 13.1. The normalized spacial score (nSPS) is 25.0. The van der Waals surface area contributed by atoms with Gasteiger partial charge in [0, 0.05) is 23.8 Å². The Kier molecular flexibility index (Phi) is 4.31. The van der Waals surface area contributed by atoms with Crippen LogP contribution in [0.2, 0.25) is 0 Å². The molecule has 0 saturated carbocycles. The number of rotatable bonds is 2. The van der Waals surface area contributed by atoms with Crippen LogP contribution in [0.4, 0.5) is 18.9 Å². The fourth-order valence-electron chi connectivity index (χ4n) is 3.99. The van der Waals surface area contributed by atoms with Crippen LogP contribution in [-0.2, 0) is 10.9 Å². The lowest BCUT2D eigenvalue weighted by atomic mass is 9.77. The predicted molar refractivity (Wildman–Crippen MR) is 92.2 cm³/mol. The average Bonchev–Trinajstić information content (AvgIpc) is 2.66. The summed E-state index contributed by atoms with van der Waals surface area (Å²) < 4.78 is 50.5. The van der Waals surface area contributed by atoms with Gasteiger partial charge in [-0.15, -0.1) is 0 Å². The van der Waals surface area contributed by atoms with Crippen LogP contribution in [-0.4, -0.2) is 13.7 Å². The van der Waals surface area contributed by atoms with E-state index in [-0.39, 0.29) is 18.1 Å². The Morgan fingerprint density at radius 1 is 1.12 bits per heavy atom. The van der Waals surface area contributed by atoms with E-state index >= 15 is 0 Å². The van der Waals surface area contributed by atoms with E-state index in [1.807, 2.05) is 24.3 Å². The van der Waals surface area contributed by atoms with Crippen molar-refractivity contribution >= 4 is 5.69 Å². The molecule has 0 unspecified atom stereocenters. The van der Waals surface area contributed by atoms with Crippen LogP contribution < -0.4 is 10.1 Å². The molecular formula is C20H20F3NO2. The Labute approximate surface area is 150 Å². The summed E-state index contributed by atoms with van der Waals surface area (Å²) in [6.07, 6.45) is -2.87. The Hall–Kier alpha value is -2.21. The minimum absolute atomic E-state index is 0.00422. The molecule has 3 atom stereocenters. The minimum atomic E-state index is -4.36. The molecule has 2 aromatic carbocycles. The number of benzene rings is 2. The summed E-state index contributed by atoms with van der Waals surface area (Å²) in [6, 6.07) is 11.7. The predicted octanol–water partition coefficient (Wildman–Crippen LogP) is 5.35. The molecule has 0 bridgehead atoms. The zero-order valence-electron chi connectivity index (χ0n) is 14.3. The summed E-state index contributed by atoms with van der Waals surface area (Å²) in [5, 5.41) is 3.44. The second-order valence-electron chi connectivity index (χ2n) is 6.79. The molecule has 0 amide bonds. The third-order valence-corrected chi connectivity index (χ3v) is 5.27. The highest BCUT2D eigenvalue weighted by molar-refractivity contribution is 5.58. The maximum Gasteiger partial charge on any atom is 0.416 e. The third-order valence-electron chi connectivity index (χ3n) is 5.27. The summed E-state index contributed by atoms with van der Waals surface area (Å²) >= 11 is 0. The molecule has 1 N–H and O–H groups in total. The van der Waals surface area contributed by atoms with Crippen molar-refractivity contribution in [3.63, 3.8) is 0 Å². The van der Waals surface area contributed by atoms with Crippen molar-refractivity contribution in [2.45, 2.75) is 31.2 Å². The first-order valence-corrected chi connectivity index (χ1v) is 8.70. The van der Waals surface area contributed by atoms with Crippen molar-refractivity contribution in [3.05, 3.63) is 59.2 Å². The van der Waals surface area contributed by atoms with E-state index in [4.69, 9.17) is 9.47 Å². The van der Waals surface area contributed by atoms with Gasteiger partial charge in [0.2, 0.25) is 0 Å². The molecular weight excluding hydrogens is 343 g/mol. The Morgan fingerprint density at radius 3 is 2.58 bits per heavy atom. The van der Waals surface area contributed by atoms with Gasteiger partial charge in [0.15, 0.2) is 0 Å². The largest absolute Gasteiger partial charge is 0.497 e. The van der Waals surface area contributed by atoms with Gasteiger partial charge >= 0.3 is 6.18 Å². The molecule has 0 aromatic heterocycles. The Balaban J connectivity index is 1.73. The molecule has 0 aliphatic carbocycles. The molecule has 2 aliphatic rings. The van der Waals surface area contributed by atoms with E-state index in [1.54, 1.807) is 7.11 Å². The highest BCUT2D eigenvalue weighted by Gasteiger charge is 2.41. The van der Waals surface area contributed by atoms with Crippen LogP contribution in [0.15, 0.2) is 42.5 Å². The number of hydrogen-bond donors (Lipinski definition) is 1. The van der Waals surface area contributed by atoms with Gasteiger partial charge in [0.05, 0.1) is 24.8 Å². The van der Waals surface area contributed by atoms with Crippen LogP contribution in [0, 0.1) is 5.92 Å². The van der Waals surface area contributed by atoms with Crippen LogP contribution >= 0.6 is 0 Å². The number of methoxy groups -OCH3 is 1. The zero-order valence-corrected chi connectivity index (χ0v) is 14.3. The summed E-state index contributed by atoms with van der Waals surface area (Å²) in [7, 11) is 1.62. The molecule has 4 rings (SSSR count). The van der Waals surface area contributed by atoms with Crippen molar-refractivity contribution in [2.24, 2.45) is 5.92 Å². The lowest BCUT2D eigenvalue weighted by molar-refractivity contribution is -0.137. The number of ether oxygens (including phenoxy) is 2. The van der Waals surface area contributed by atoms with Crippen molar-refractivity contribution in [3.8, 4) is 5.75 Å². The van der Waals surface area contributed by atoms with Crippen LogP contribution in [0.3, 0.4) is 0 Å². The molecule has 6 heteroatoms. The summed E-state index contributed by atoms with van der Waals surface area (Å²) in [5.41, 5.74) is 1.77. The van der Waals surface area contributed by atoms with E-state index in [1.165, 1.54) is 12.1 Å². The van der Waals surface area contributed by atoms with Gasteiger partial charge in [-0.2, -0.15) is 13.2 Å². The minimum Gasteiger partial charge on any atom is -0.497 e. The van der Waals surface area contributed by atoms with Crippen molar-refractivity contribution in [1.82, 2.24) is 0 Å². The molecule has 2 heterocycles. The van der Waals surface area contributed by atoms with Crippen molar-refractivity contribution < 1.29 is 22.6 Å². The molecule has 2 aromatic rings. The van der Waals surface area contributed by atoms with E-state index in [9.17, 15) is 13.2 Å². The molecule has 2 aliphatic heterocycles. The SMILES string of the molecule is COc1ccc([C@@H]2Nc3ccc(C(F)(F)F)cc3[C@H]3OCCC[C@H]32)cc1. The summed E-state index contributed by atoms with van der Waals surface area (Å²) in [6.45, 7) is 0.576. The highest BCUT2D eigenvalue weighted by Crippen LogP contribution is 2.50. The first kappa shape index (κ1) is 17.2. The average molecular weight is 363 g/mol. The zero-order chi connectivity index (χ0) is 18.3. The standard InChI is InChI=1S/C20H20F3NO2/c1-25-14-7-4-12(5-8-14)18-15-3-2-10-26-19(15)16-11-13(20(21,22)23)6-9-17(16)24-18/h4-9,11,15,18-19,24H,2-3,10H2,1H3/t15-,18-,19-/m0/s1. The number of hydrogen-bond acceptors (Lipinski definition) is 3. The third kappa shape index (κ3) is 3.03. The van der Waals surface area contributed by atoms with Crippen LogP contribution in [0.25, 0.3) is 0 Å². The number of halogens is 3. The highest BCUT2D eigenvalue weighted by atomic mass is 19.4. The van der Waals surface area contributed by atoms with Gasteiger partial charge in [-0.25, -0.2) is 0 Å². The van der Waals surface area contributed by atoms with E-state index < -0.39 is 11.7 Å².